The van der Waals surface area contributed by atoms with Gasteiger partial charge < -0.3 is 9.67 Å². The first-order chi connectivity index (χ1) is 11.2. The van der Waals surface area contributed by atoms with Crippen LogP contribution < -0.4 is 4.72 Å². The first-order valence-corrected chi connectivity index (χ1v) is 9.53. The summed E-state index contributed by atoms with van der Waals surface area (Å²) in [5.74, 6) is 0.831. The van der Waals surface area contributed by atoms with Crippen LogP contribution in [0.15, 0.2) is 35.5 Å². The lowest BCUT2D eigenvalue weighted by molar-refractivity contribution is 0.169. The number of hydrogen-bond donors (Lipinski definition) is 2. The number of sulfonamides is 1. The number of aryl methyl sites for hydroxylation is 1. The number of nitrogens with zero attached hydrogens (tertiary/aromatic N) is 2. The summed E-state index contributed by atoms with van der Waals surface area (Å²) >= 11 is 5.88. The molecule has 2 rings (SSSR count). The summed E-state index contributed by atoms with van der Waals surface area (Å²) in [4.78, 5) is 4.18. The van der Waals surface area contributed by atoms with E-state index in [0.717, 1.165) is 0 Å². The number of halogens is 1. The molecule has 2 aromatic rings. The molecule has 1 heterocycles. The van der Waals surface area contributed by atoms with Crippen molar-refractivity contribution < 1.29 is 13.5 Å². The Kier molecular flexibility index (Phi) is 6.03. The van der Waals surface area contributed by atoms with Gasteiger partial charge in [-0.1, -0.05) is 37.6 Å². The molecule has 0 spiro atoms. The van der Waals surface area contributed by atoms with Gasteiger partial charge in [0.05, 0.1) is 6.10 Å². The Balaban J connectivity index is 1.99. The van der Waals surface area contributed by atoms with Crippen LogP contribution in [0.3, 0.4) is 0 Å². The van der Waals surface area contributed by atoms with Crippen molar-refractivity contribution in [3.05, 3.63) is 46.9 Å². The van der Waals surface area contributed by atoms with Gasteiger partial charge in [-0.25, -0.2) is 18.1 Å². The van der Waals surface area contributed by atoms with Crippen molar-refractivity contribution >= 4 is 21.6 Å². The van der Waals surface area contributed by atoms with Gasteiger partial charge in [-0.3, -0.25) is 0 Å². The topological polar surface area (TPSA) is 84.2 Å². The van der Waals surface area contributed by atoms with Crippen LogP contribution in [0.25, 0.3) is 0 Å². The summed E-state index contributed by atoms with van der Waals surface area (Å²) in [6, 6.07) is 6.87. The number of hydrogen-bond acceptors (Lipinski definition) is 4. The molecule has 0 amide bonds. The lowest BCUT2D eigenvalue weighted by atomic mass is 10.1. The Morgan fingerprint density at radius 2 is 2.08 bits per heavy atom. The second-order valence-electron chi connectivity index (χ2n) is 5.96. The number of nitrogens with one attached hydrogen (secondary N) is 1. The molecule has 6 nitrogen and oxygen atoms in total. The first kappa shape index (κ1) is 18.9. The number of aromatic nitrogens is 2. The minimum atomic E-state index is -3.70. The van der Waals surface area contributed by atoms with E-state index in [-0.39, 0.29) is 23.9 Å². The Bertz CT molecular complexity index is 803. The van der Waals surface area contributed by atoms with Crippen molar-refractivity contribution in [1.82, 2.24) is 14.3 Å². The van der Waals surface area contributed by atoms with Crippen LogP contribution in [0.1, 0.15) is 43.7 Å². The molecular weight excluding hydrogens is 350 g/mol. The maximum Gasteiger partial charge on any atom is 0.259 e. The standard InChI is InChI=1S/C16H22ClN3O3S/c1-11(2)16-19-15(10-20(16)3)24(22,23)18-8-7-14(21)12-5-4-6-13(17)9-12/h4-6,9-11,14,18,21H,7-8H2,1-3H3/t14-/m1/s1. The second-order valence-corrected chi connectivity index (χ2v) is 8.11. The minimum Gasteiger partial charge on any atom is -0.388 e. The highest BCUT2D eigenvalue weighted by atomic mass is 35.5. The molecular formula is C16H22ClN3O3S. The van der Waals surface area contributed by atoms with E-state index < -0.39 is 16.1 Å². The summed E-state index contributed by atoms with van der Waals surface area (Å²) < 4.78 is 28.8. The molecule has 0 aliphatic rings. The molecule has 24 heavy (non-hydrogen) atoms. The van der Waals surface area contributed by atoms with E-state index in [0.29, 0.717) is 16.4 Å². The minimum absolute atomic E-state index is 0.00838. The van der Waals surface area contributed by atoms with E-state index in [1.165, 1.54) is 6.20 Å². The SMILES string of the molecule is CC(C)c1nc(S(=O)(=O)NCC[C@@H](O)c2cccc(Cl)c2)cn1C. The van der Waals surface area contributed by atoms with E-state index in [9.17, 15) is 13.5 Å². The third-order valence-electron chi connectivity index (χ3n) is 3.63. The third kappa shape index (κ3) is 4.57. The van der Waals surface area contributed by atoms with Gasteiger partial charge in [0, 0.05) is 30.7 Å². The highest BCUT2D eigenvalue weighted by molar-refractivity contribution is 7.89. The monoisotopic (exact) mass is 371 g/mol. The van der Waals surface area contributed by atoms with Gasteiger partial charge in [0.2, 0.25) is 0 Å². The number of aliphatic hydroxyl groups is 1. The van der Waals surface area contributed by atoms with Crippen LogP contribution in [0, 0.1) is 0 Å². The van der Waals surface area contributed by atoms with Gasteiger partial charge in [0.25, 0.3) is 10.0 Å². The van der Waals surface area contributed by atoms with Crippen molar-refractivity contribution in [1.29, 1.82) is 0 Å². The molecule has 132 valence electrons. The molecule has 0 aliphatic carbocycles. The van der Waals surface area contributed by atoms with E-state index >= 15 is 0 Å². The molecule has 0 radical (unpaired) electrons. The largest absolute Gasteiger partial charge is 0.388 e. The quantitative estimate of drug-likeness (QED) is 0.783. The van der Waals surface area contributed by atoms with E-state index in [4.69, 9.17) is 11.6 Å². The number of benzene rings is 1. The molecule has 0 aliphatic heterocycles. The lowest BCUT2D eigenvalue weighted by Crippen LogP contribution is -2.26. The van der Waals surface area contributed by atoms with Gasteiger partial charge in [-0.15, -0.1) is 0 Å². The number of rotatable bonds is 7. The van der Waals surface area contributed by atoms with Gasteiger partial charge >= 0.3 is 0 Å². The Morgan fingerprint density at radius 1 is 1.38 bits per heavy atom. The van der Waals surface area contributed by atoms with Crippen LogP contribution in [0.5, 0.6) is 0 Å². The summed E-state index contributed by atoms with van der Waals surface area (Å²) in [6.45, 7) is 4.00. The van der Waals surface area contributed by atoms with Crippen molar-refractivity contribution in [2.45, 2.75) is 37.3 Å². The number of imidazole rings is 1. The van der Waals surface area contributed by atoms with Crippen LogP contribution in [-0.2, 0) is 17.1 Å². The third-order valence-corrected chi connectivity index (χ3v) is 5.19. The molecule has 0 unspecified atom stereocenters. The zero-order chi connectivity index (χ0) is 17.9. The Hall–Kier alpha value is -1.41. The molecule has 0 bridgehead atoms. The molecule has 8 heteroatoms. The maximum absolute atomic E-state index is 12.3. The Morgan fingerprint density at radius 3 is 2.67 bits per heavy atom. The van der Waals surface area contributed by atoms with Gasteiger partial charge in [-0.05, 0) is 24.1 Å². The summed E-state index contributed by atoms with van der Waals surface area (Å²) in [7, 11) is -1.93. The zero-order valence-corrected chi connectivity index (χ0v) is 15.5. The van der Waals surface area contributed by atoms with Gasteiger partial charge in [-0.2, -0.15) is 0 Å². The molecule has 0 fully saturated rings. The van der Waals surface area contributed by atoms with Gasteiger partial charge in [0.15, 0.2) is 5.03 Å². The van der Waals surface area contributed by atoms with E-state index in [1.54, 1.807) is 35.9 Å². The van der Waals surface area contributed by atoms with Crippen molar-refractivity contribution in [2.75, 3.05) is 6.54 Å². The summed E-state index contributed by atoms with van der Waals surface area (Å²) in [6.07, 6.45) is 0.940. The number of aliphatic hydroxyl groups excluding tert-OH is 1. The van der Waals surface area contributed by atoms with Gasteiger partial charge in [0.1, 0.15) is 5.82 Å². The van der Waals surface area contributed by atoms with Crippen molar-refractivity contribution in [3.63, 3.8) is 0 Å². The van der Waals surface area contributed by atoms with E-state index in [2.05, 4.69) is 9.71 Å². The van der Waals surface area contributed by atoms with Crippen molar-refractivity contribution in [2.24, 2.45) is 7.05 Å². The maximum atomic E-state index is 12.3. The fourth-order valence-electron chi connectivity index (χ4n) is 2.40. The average molecular weight is 372 g/mol. The molecule has 1 aromatic heterocycles. The van der Waals surface area contributed by atoms with Crippen molar-refractivity contribution in [3.8, 4) is 0 Å². The van der Waals surface area contributed by atoms with Crippen LogP contribution in [0.2, 0.25) is 5.02 Å². The predicted molar refractivity (Wildman–Crippen MR) is 93.5 cm³/mol. The average Bonchev–Trinajstić information content (AvgIpc) is 2.90. The molecule has 0 saturated carbocycles. The highest BCUT2D eigenvalue weighted by Gasteiger charge is 2.20. The van der Waals surface area contributed by atoms with E-state index in [1.807, 2.05) is 13.8 Å². The summed E-state index contributed by atoms with van der Waals surface area (Å²) in [5.41, 5.74) is 0.654. The second kappa shape index (κ2) is 7.65. The fraction of sp³-hybridized carbons (Fsp3) is 0.438. The Labute approximate surface area is 147 Å². The zero-order valence-electron chi connectivity index (χ0n) is 13.9. The molecule has 2 N–H and O–H groups in total. The molecule has 1 aromatic carbocycles. The molecule has 1 atom stereocenters. The fourth-order valence-corrected chi connectivity index (χ4v) is 3.65. The lowest BCUT2D eigenvalue weighted by Gasteiger charge is -2.11. The smallest absolute Gasteiger partial charge is 0.259 e. The summed E-state index contributed by atoms with van der Waals surface area (Å²) in [5, 5.41) is 10.6. The van der Waals surface area contributed by atoms with Crippen LogP contribution >= 0.6 is 11.6 Å². The highest BCUT2D eigenvalue weighted by Crippen LogP contribution is 2.20. The first-order valence-electron chi connectivity index (χ1n) is 7.67. The predicted octanol–water partition coefficient (Wildman–Crippen LogP) is 2.60. The normalized spacial score (nSPS) is 13.4. The van der Waals surface area contributed by atoms with Crippen LogP contribution in [0.4, 0.5) is 0 Å². The molecule has 0 saturated heterocycles. The van der Waals surface area contributed by atoms with Crippen LogP contribution in [-0.4, -0.2) is 29.6 Å².